The molecule has 1 atom stereocenters. The minimum atomic E-state index is -0.662. The van der Waals surface area contributed by atoms with Crippen molar-refractivity contribution in [3.05, 3.63) is 10.4 Å². The molecule has 1 unspecified atom stereocenters. The molecule has 1 amide bonds. The average Bonchev–Trinajstić information content (AvgIpc) is 2.82. The minimum Gasteiger partial charge on any atom is -0.465 e. The third-order valence-corrected chi connectivity index (χ3v) is 4.50. The second kappa shape index (κ2) is 6.77. The summed E-state index contributed by atoms with van der Waals surface area (Å²) in [5.74, 6) is -1.26. The summed E-state index contributed by atoms with van der Waals surface area (Å²) in [6, 6.07) is 0. The third kappa shape index (κ3) is 3.45. The number of primary amides is 1. The zero-order valence-electron chi connectivity index (χ0n) is 11.8. The number of amides is 1. The fourth-order valence-corrected chi connectivity index (χ4v) is 3.20. The molecular formula is C13H19N3O4S. The molecule has 1 aromatic heterocycles. The van der Waals surface area contributed by atoms with Gasteiger partial charge in [-0.3, -0.25) is 4.79 Å². The Morgan fingerprint density at radius 3 is 2.81 bits per heavy atom. The molecule has 0 aliphatic carbocycles. The Bertz CT molecular complexity index is 538. The number of hydrogen-bond donors (Lipinski definition) is 3. The Hall–Kier alpha value is -1.80. The van der Waals surface area contributed by atoms with E-state index in [4.69, 9.17) is 20.9 Å². The van der Waals surface area contributed by atoms with Gasteiger partial charge in [-0.05, 0) is 19.3 Å². The van der Waals surface area contributed by atoms with E-state index in [0.717, 1.165) is 37.2 Å². The summed E-state index contributed by atoms with van der Waals surface area (Å²) >= 11 is 1.06. The predicted octanol–water partition coefficient (Wildman–Crippen LogP) is 1.20. The van der Waals surface area contributed by atoms with Crippen LogP contribution in [0.4, 0.5) is 10.7 Å². The van der Waals surface area contributed by atoms with E-state index in [1.807, 2.05) is 0 Å². The molecule has 5 N–H and O–H groups in total. The minimum absolute atomic E-state index is 0.0615. The molecule has 7 nitrogen and oxygen atoms in total. The van der Waals surface area contributed by atoms with Crippen LogP contribution in [0.25, 0.3) is 0 Å². The van der Waals surface area contributed by atoms with E-state index in [1.165, 1.54) is 7.11 Å². The van der Waals surface area contributed by atoms with Crippen LogP contribution in [0, 0.1) is 0 Å². The van der Waals surface area contributed by atoms with Gasteiger partial charge in [0.05, 0.1) is 18.9 Å². The van der Waals surface area contributed by atoms with Gasteiger partial charge in [-0.1, -0.05) is 0 Å². The maximum Gasteiger partial charge on any atom is 0.343 e. The molecule has 8 heteroatoms. The molecule has 0 radical (unpaired) electrons. The second-order valence-electron chi connectivity index (χ2n) is 4.77. The molecule has 2 rings (SSSR count). The number of carbonyl (C=O) groups excluding carboxylic acids is 2. The van der Waals surface area contributed by atoms with Crippen LogP contribution < -0.4 is 16.8 Å². The molecular weight excluding hydrogens is 294 g/mol. The van der Waals surface area contributed by atoms with Crippen molar-refractivity contribution in [3.63, 3.8) is 0 Å². The summed E-state index contributed by atoms with van der Waals surface area (Å²) in [5, 5.41) is 3.61. The van der Waals surface area contributed by atoms with Crippen molar-refractivity contribution in [1.82, 2.24) is 0 Å². The van der Waals surface area contributed by atoms with Gasteiger partial charge in [0.15, 0.2) is 0 Å². The lowest BCUT2D eigenvalue weighted by Gasteiger charge is -2.23. The van der Waals surface area contributed by atoms with E-state index < -0.39 is 11.9 Å². The van der Waals surface area contributed by atoms with Crippen molar-refractivity contribution in [2.75, 3.05) is 31.3 Å². The van der Waals surface area contributed by atoms with Crippen molar-refractivity contribution >= 4 is 33.9 Å². The Balaban J connectivity index is 2.18. The Morgan fingerprint density at radius 1 is 1.48 bits per heavy atom. The Kier molecular flexibility index (Phi) is 5.03. The summed E-state index contributed by atoms with van der Waals surface area (Å²) in [5.41, 5.74) is 11.3. The highest BCUT2D eigenvalue weighted by Crippen LogP contribution is 2.36. The number of esters is 1. The van der Waals surface area contributed by atoms with Crippen molar-refractivity contribution in [2.24, 2.45) is 5.73 Å². The Labute approximate surface area is 126 Å². The van der Waals surface area contributed by atoms with Crippen molar-refractivity contribution in [1.29, 1.82) is 0 Å². The second-order valence-corrected chi connectivity index (χ2v) is 5.79. The van der Waals surface area contributed by atoms with Gasteiger partial charge in [0.2, 0.25) is 0 Å². The average molecular weight is 313 g/mol. The van der Waals surface area contributed by atoms with Crippen molar-refractivity contribution in [2.45, 2.75) is 25.4 Å². The summed E-state index contributed by atoms with van der Waals surface area (Å²) in [6.07, 6.45) is 3.24. The lowest BCUT2D eigenvalue weighted by molar-refractivity contribution is 0.0247. The highest BCUT2D eigenvalue weighted by Gasteiger charge is 2.25. The van der Waals surface area contributed by atoms with E-state index in [-0.39, 0.29) is 22.2 Å². The van der Waals surface area contributed by atoms with Gasteiger partial charge in [0.1, 0.15) is 15.4 Å². The van der Waals surface area contributed by atoms with Crippen molar-refractivity contribution in [3.8, 4) is 0 Å². The molecule has 2 heterocycles. The Morgan fingerprint density at radius 2 is 2.24 bits per heavy atom. The maximum absolute atomic E-state index is 11.8. The number of anilines is 2. The van der Waals surface area contributed by atoms with Crippen LogP contribution in [0.15, 0.2) is 0 Å². The number of nitrogens with one attached hydrogen (secondary N) is 1. The summed E-state index contributed by atoms with van der Waals surface area (Å²) in [4.78, 5) is 23.3. The van der Waals surface area contributed by atoms with Crippen LogP contribution in [-0.4, -0.2) is 38.2 Å². The van der Waals surface area contributed by atoms with E-state index in [1.54, 1.807) is 0 Å². The van der Waals surface area contributed by atoms with Gasteiger partial charge >= 0.3 is 5.97 Å². The molecule has 1 aliphatic heterocycles. The molecule has 1 fully saturated rings. The lowest BCUT2D eigenvalue weighted by atomic mass is 10.1. The number of hydrogen-bond acceptors (Lipinski definition) is 7. The van der Waals surface area contributed by atoms with Crippen LogP contribution >= 0.6 is 11.3 Å². The van der Waals surface area contributed by atoms with Crippen molar-refractivity contribution < 1.29 is 19.1 Å². The number of nitrogen functional groups attached to an aromatic ring is 1. The number of thiophene rings is 1. The zero-order chi connectivity index (χ0) is 15.4. The standard InChI is InChI=1S/C13H19N3O4S/c1-19-13(18)8-9(14)10(11(15)17)21-12(8)16-6-7-4-2-3-5-20-7/h7,16H,2-6,14H2,1H3,(H2,15,17). The first-order chi connectivity index (χ1) is 10.0. The molecule has 0 bridgehead atoms. The molecule has 21 heavy (non-hydrogen) atoms. The zero-order valence-corrected chi connectivity index (χ0v) is 12.6. The highest BCUT2D eigenvalue weighted by atomic mass is 32.1. The number of carbonyl (C=O) groups is 2. The normalized spacial score (nSPS) is 18.2. The van der Waals surface area contributed by atoms with Gasteiger partial charge < -0.3 is 26.3 Å². The number of nitrogens with two attached hydrogens (primary N) is 2. The van der Waals surface area contributed by atoms with Crippen LogP contribution in [-0.2, 0) is 9.47 Å². The van der Waals surface area contributed by atoms with Crippen LogP contribution in [0.1, 0.15) is 39.3 Å². The molecule has 0 aromatic carbocycles. The summed E-state index contributed by atoms with van der Waals surface area (Å²) in [7, 11) is 1.26. The first kappa shape index (κ1) is 15.6. The maximum atomic E-state index is 11.8. The quantitative estimate of drug-likeness (QED) is 0.703. The van der Waals surface area contributed by atoms with E-state index in [2.05, 4.69) is 5.32 Å². The molecule has 0 saturated carbocycles. The van der Waals surface area contributed by atoms with Crippen LogP contribution in [0.2, 0.25) is 0 Å². The topological polar surface area (TPSA) is 117 Å². The van der Waals surface area contributed by atoms with E-state index in [9.17, 15) is 9.59 Å². The smallest absolute Gasteiger partial charge is 0.343 e. The third-order valence-electron chi connectivity index (χ3n) is 3.32. The lowest BCUT2D eigenvalue weighted by Crippen LogP contribution is -2.27. The summed E-state index contributed by atoms with van der Waals surface area (Å²) in [6.45, 7) is 1.29. The fourth-order valence-electron chi connectivity index (χ4n) is 2.23. The number of rotatable bonds is 5. The summed E-state index contributed by atoms with van der Waals surface area (Å²) < 4.78 is 10.3. The first-order valence-electron chi connectivity index (χ1n) is 6.70. The molecule has 1 aliphatic rings. The number of methoxy groups -OCH3 is 1. The molecule has 116 valence electrons. The van der Waals surface area contributed by atoms with Gasteiger partial charge in [-0.25, -0.2) is 4.79 Å². The van der Waals surface area contributed by atoms with Gasteiger partial charge in [-0.15, -0.1) is 11.3 Å². The van der Waals surface area contributed by atoms with Gasteiger partial charge in [0, 0.05) is 13.2 Å². The largest absolute Gasteiger partial charge is 0.465 e. The fraction of sp³-hybridized carbons (Fsp3) is 0.538. The molecule has 1 saturated heterocycles. The predicted molar refractivity (Wildman–Crippen MR) is 80.7 cm³/mol. The van der Waals surface area contributed by atoms with Crippen LogP contribution in [0.5, 0.6) is 0 Å². The van der Waals surface area contributed by atoms with Gasteiger partial charge in [0.25, 0.3) is 5.91 Å². The SMILES string of the molecule is COC(=O)c1c(NCC2CCCCO2)sc(C(N)=O)c1N. The highest BCUT2D eigenvalue weighted by molar-refractivity contribution is 7.19. The first-order valence-corrected chi connectivity index (χ1v) is 7.52. The number of ether oxygens (including phenoxy) is 2. The monoisotopic (exact) mass is 313 g/mol. The van der Waals surface area contributed by atoms with E-state index >= 15 is 0 Å². The van der Waals surface area contributed by atoms with Gasteiger partial charge in [-0.2, -0.15) is 0 Å². The van der Waals surface area contributed by atoms with Crippen LogP contribution in [0.3, 0.4) is 0 Å². The molecule has 1 aromatic rings. The van der Waals surface area contributed by atoms with E-state index in [0.29, 0.717) is 11.5 Å². The molecule has 0 spiro atoms.